The van der Waals surface area contributed by atoms with E-state index in [9.17, 15) is 14.4 Å². The summed E-state index contributed by atoms with van der Waals surface area (Å²) in [5, 5.41) is 11.5. The van der Waals surface area contributed by atoms with Crippen LogP contribution in [0.2, 0.25) is 0 Å². The van der Waals surface area contributed by atoms with Gasteiger partial charge in [0.2, 0.25) is 5.91 Å². The van der Waals surface area contributed by atoms with Crippen LogP contribution in [0.4, 0.5) is 4.79 Å². The molecule has 0 radical (unpaired) electrons. The Hall–Kier alpha value is -2.37. The van der Waals surface area contributed by atoms with Crippen molar-refractivity contribution in [3.63, 3.8) is 0 Å². The molecule has 2 atom stereocenters. The van der Waals surface area contributed by atoms with E-state index in [0.29, 0.717) is 12.1 Å². The fourth-order valence-corrected chi connectivity index (χ4v) is 2.89. The Kier molecular flexibility index (Phi) is 5.14. The number of carboxylic acid groups (broad SMARTS) is 1. The van der Waals surface area contributed by atoms with Gasteiger partial charge in [-0.05, 0) is 30.9 Å². The molecule has 0 bridgehead atoms. The van der Waals surface area contributed by atoms with E-state index in [-0.39, 0.29) is 24.3 Å². The molecule has 1 fully saturated rings. The lowest BCUT2D eigenvalue weighted by atomic mass is 9.96. The molecule has 0 aromatic heterocycles. The Balaban J connectivity index is 1.89. The van der Waals surface area contributed by atoms with Crippen LogP contribution in [0.25, 0.3) is 0 Å². The van der Waals surface area contributed by atoms with Gasteiger partial charge < -0.3 is 10.0 Å². The summed E-state index contributed by atoms with van der Waals surface area (Å²) in [5.74, 6) is -0.930. The van der Waals surface area contributed by atoms with E-state index in [1.807, 2.05) is 6.92 Å². The number of carbonyl (C=O) groups excluding carboxylic acids is 2. The van der Waals surface area contributed by atoms with Gasteiger partial charge in [-0.2, -0.15) is 0 Å². The zero-order valence-corrected chi connectivity index (χ0v) is 12.5. The number of nitrogens with zero attached hydrogens (tertiary/aromatic N) is 1. The minimum Gasteiger partial charge on any atom is -0.465 e. The molecule has 0 saturated carbocycles. The molecule has 118 valence electrons. The standard InChI is InChI=1S/C16H20N2O4/c1-11(13-8-5-9-18(13)16(21)22)10-14(19)17-15(20)12-6-3-2-4-7-12/h2-4,6-7,11,13H,5,8-10H2,1H3,(H,21,22)(H,17,19,20). The summed E-state index contributed by atoms with van der Waals surface area (Å²) in [6.45, 7) is 2.35. The molecule has 6 nitrogen and oxygen atoms in total. The van der Waals surface area contributed by atoms with Crippen molar-refractivity contribution in [1.82, 2.24) is 10.2 Å². The molecule has 3 amide bonds. The molecule has 0 aliphatic carbocycles. The molecule has 1 saturated heterocycles. The van der Waals surface area contributed by atoms with Crippen molar-refractivity contribution < 1.29 is 19.5 Å². The largest absolute Gasteiger partial charge is 0.465 e. The van der Waals surface area contributed by atoms with Crippen LogP contribution in [-0.4, -0.2) is 40.5 Å². The first-order valence-corrected chi connectivity index (χ1v) is 7.38. The quantitative estimate of drug-likeness (QED) is 0.892. The number of hydrogen-bond donors (Lipinski definition) is 2. The number of carbonyl (C=O) groups is 3. The van der Waals surface area contributed by atoms with E-state index >= 15 is 0 Å². The SMILES string of the molecule is CC(CC(=O)NC(=O)c1ccccc1)C1CCCN1C(=O)O. The maximum atomic E-state index is 12.0. The molecule has 2 rings (SSSR count). The predicted octanol–water partition coefficient (Wildman–Crippen LogP) is 2.11. The average molecular weight is 304 g/mol. The summed E-state index contributed by atoms with van der Waals surface area (Å²) in [4.78, 5) is 36.4. The molecule has 1 aliphatic heterocycles. The lowest BCUT2D eigenvalue weighted by Gasteiger charge is -2.26. The van der Waals surface area contributed by atoms with Gasteiger partial charge in [-0.3, -0.25) is 14.9 Å². The second-order valence-electron chi connectivity index (χ2n) is 5.61. The first kappa shape index (κ1) is 16.0. The summed E-state index contributed by atoms with van der Waals surface area (Å²) in [7, 11) is 0. The number of benzene rings is 1. The van der Waals surface area contributed by atoms with Gasteiger partial charge >= 0.3 is 6.09 Å². The van der Waals surface area contributed by atoms with Gasteiger partial charge in [0.25, 0.3) is 5.91 Å². The van der Waals surface area contributed by atoms with Crippen LogP contribution >= 0.6 is 0 Å². The lowest BCUT2D eigenvalue weighted by Crippen LogP contribution is -2.40. The fraction of sp³-hybridized carbons (Fsp3) is 0.438. The Morgan fingerprint density at radius 1 is 1.32 bits per heavy atom. The Labute approximate surface area is 129 Å². The predicted molar refractivity (Wildman–Crippen MR) is 80.4 cm³/mol. The summed E-state index contributed by atoms with van der Waals surface area (Å²) in [5.41, 5.74) is 0.427. The third-order valence-electron chi connectivity index (χ3n) is 4.00. The lowest BCUT2D eigenvalue weighted by molar-refractivity contribution is -0.121. The highest BCUT2D eigenvalue weighted by molar-refractivity contribution is 6.04. The Bertz CT molecular complexity index is 559. The highest BCUT2D eigenvalue weighted by Gasteiger charge is 2.33. The Morgan fingerprint density at radius 3 is 2.64 bits per heavy atom. The summed E-state index contributed by atoms with van der Waals surface area (Å²) < 4.78 is 0. The molecular weight excluding hydrogens is 284 g/mol. The summed E-state index contributed by atoms with van der Waals surface area (Å²) in [6, 6.07) is 8.36. The van der Waals surface area contributed by atoms with Crippen LogP contribution in [0.5, 0.6) is 0 Å². The van der Waals surface area contributed by atoms with Crippen molar-refractivity contribution in [3.05, 3.63) is 35.9 Å². The van der Waals surface area contributed by atoms with Crippen molar-refractivity contribution in [1.29, 1.82) is 0 Å². The van der Waals surface area contributed by atoms with Gasteiger partial charge in [0.15, 0.2) is 0 Å². The van der Waals surface area contributed by atoms with Gasteiger partial charge in [0, 0.05) is 24.6 Å². The zero-order chi connectivity index (χ0) is 16.1. The number of rotatable bonds is 4. The van der Waals surface area contributed by atoms with Crippen LogP contribution in [0, 0.1) is 5.92 Å². The molecule has 1 aromatic rings. The fourth-order valence-electron chi connectivity index (χ4n) is 2.89. The van der Waals surface area contributed by atoms with Gasteiger partial charge in [-0.15, -0.1) is 0 Å². The van der Waals surface area contributed by atoms with Gasteiger partial charge in [0.1, 0.15) is 0 Å². The van der Waals surface area contributed by atoms with Crippen LogP contribution in [0.3, 0.4) is 0 Å². The first-order chi connectivity index (χ1) is 10.5. The number of imide groups is 1. The maximum Gasteiger partial charge on any atom is 0.407 e. The molecule has 6 heteroatoms. The second-order valence-corrected chi connectivity index (χ2v) is 5.61. The smallest absolute Gasteiger partial charge is 0.407 e. The van der Waals surface area contributed by atoms with Crippen LogP contribution in [0.1, 0.15) is 36.5 Å². The minimum absolute atomic E-state index is 0.123. The third-order valence-corrected chi connectivity index (χ3v) is 4.00. The van der Waals surface area contributed by atoms with Crippen LogP contribution in [-0.2, 0) is 4.79 Å². The van der Waals surface area contributed by atoms with E-state index < -0.39 is 12.0 Å². The number of amides is 3. The maximum absolute atomic E-state index is 12.0. The number of likely N-dealkylation sites (tertiary alicyclic amines) is 1. The minimum atomic E-state index is -0.949. The highest BCUT2D eigenvalue weighted by atomic mass is 16.4. The normalized spacial score (nSPS) is 18.8. The average Bonchev–Trinajstić information content (AvgIpc) is 2.97. The zero-order valence-electron chi connectivity index (χ0n) is 12.5. The molecule has 1 aliphatic rings. The molecule has 1 aromatic carbocycles. The van der Waals surface area contributed by atoms with Crippen molar-refractivity contribution in [2.45, 2.75) is 32.2 Å². The van der Waals surface area contributed by atoms with Crippen molar-refractivity contribution in [3.8, 4) is 0 Å². The van der Waals surface area contributed by atoms with Crippen LogP contribution < -0.4 is 5.32 Å². The topological polar surface area (TPSA) is 86.7 Å². The van der Waals surface area contributed by atoms with Gasteiger partial charge in [-0.1, -0.05) is 25.1 Å². The number of hydrogen-bond acceptors (Lipinski definition) is 3. The van der Waals surface area contributed by atoms with Gasteiger partial charge in [0.05, 0.1) is 0 Å². The van der Waals surface area contributed by atoms with Crippen molar-refractivity contribution >= 4 is 17.9 Å². The van der Waals surface area contributed by atoms with E-state index in [2.05, 4.69) is 5.32 Å². The van der Waals surface area contributed by atoms with Gasteiger partial charge in [-0.25, -0.2) is 4.79 Å². The first-order valence-electron chi connectivity index (χ1n) is 7.38. The summed E-state index contributed by atoms with van der Waals surface area (Å²) in [6.07, 6.45) is 0.752. The summed E-state index contributed by atoms with van der Waals surface area (Å²) >= 11 is 0. The molecule has 1 heterocycles. The molecule has 2 N–H and O–H groups in total. The Morgan fingerprint density at radius 2 is 2.00 bits per heavy atom. The van der Waals surface area contributed by atoms with E-state index in [1.54, 1.807) is 30.3 Å². The third kappa shape index (κ3) is 3.84. The molecular formula is C16H20N2O4. The molecule has 22 heavy (non-hydrogen) atoms. The van der Waals surface area contributed by atoms with Crippen molar-refractivity contribution in [2.24, 2.45) is 5.92 Å². The second kappa shape index (κ2) is 7.06. The van der Waals surface area contributed by atoms with Crippen molar-refractivity contribution in [2.75, 3.05) is 6.54 Å². The molecule has 2 unspecified atom stereocenters. The highest BCUT2D eigenvalue weighted by Crippen LogP contribution is 2.25. The van der Waals surface area contributed by atoms with E-state index in [4.69, 9.17) is 5.11 Å². The van der Waals surface area contributed by atoms with Crippen LogP contribution in [0.15, 0.2) is 30.3 Å². The monoisotopic (exact) mass is 304 g/mol. The van der Waals surface area contributed by atoms with E-state index in [0.717, 1.165) is 12.8 Å². The molecule has 0 spiro atoms. The van der Waals surface area contributed by atoms with E-state index in [1.165, 1.54) is 4.90 Å². The number of nitrogens with one attached hydrogen (secondary N) is 1.